The zero-order valence-corrected chi connectivity index (χ0v) is 18.1. The van der Waals surface area contributed by atoms with Crippen LogP contribution in [0.1, 0.15) is 31.4 Å². The molecule has 1 atom stereocenters. The summed E-state index contributed by atoms with van der Waals surface area (Å²) in [6.45, 7) is 4.15. The van der Waals surface area contributed by atoms with E-state index in [1.807, 2.05) is 23.7 Å². The Balaban J connectivity index is 1.55. The van der Waals surface area contributed by atoms with Crippen molar-refractivity contribution in [1.82, 2.24) is 20.1 Å². The van der Waals surface area contributed by atoms with Crippen molar-refractivity contribution in [1.29, 1.82) is 0 Å². The summed E-state index contributed by atoms with van der Waals surface area (Å²) < 4.78 is 0. The van der Waals surface area contributed by atoms with Crippen LogP contribution in [-0.2, 0) is 0 Å². The van der Waals surface area contributed by atoms with E-state index in [-0.39, 0.29) is 12.1 Å². The number of hydrogen-bond acceptors (Lipinski definition) is 4. The normalized spacial score (nSPS) is 16.7. The first-order valence-corrected chi connectivity index (χ1v) is 11.0. The second-order valence-corrected chi connectivity index (χ2v) is 8.82. The first-order valence-electron chi connectivity index (χ1n) is 10.2. The molecule has 1 saturated heterocycles. The summed E-state index contributed by atoms with van der Waals surface area (Å²) in [6, 6.07) is 12.9. The van der Waals surface area contributed by atoms with Gasteiger partial charge in [-0.2, -0.15) is 0 Å². The highest BCUT2D eigenvalue weighted by Crippen LogP contribution is 2.34. The van der Waals surface area contributed by atoms with Gasteiger partial charge in [0, 0.05) is 24.8 Å². The summed E-state index contributed by atoms with van der Waals surface area (Å²) in [5, 5.41) is 5.58. The van der Waals surface area contributed by atoms with E-state index in [9.17, 15) is 4.79 Å². The molecular weight excluding hydrogens is 380 g/mol. The van der Waals surface area contributed by atoms with Crippen LogP contribution in [0.4, 0.5) is 4.79 Å². The summed E-state index contributed by atoms with van der Waals surface area (Å²) >= 11 is 1.64. The summed E-state index contributed by atoms with van der Waals surface area (Å²) in [5.74, 6) is 0. The van der Waals surface area contributed by atoms with E-state index in [0.717, 1.165) is 36.4 Å². The predicted octanol–water partition coefficient (Wildman–Crippen LogP) is 4.76. The molecule has 3 aromatic rings. The number of urea groups is 1. The maximum atomic E-state index is 12.9. The number of carbonyl (C=O) groups excluding carboxylic acids is 1. The lowest BCUT2D eigenvalue weighted by atomic mass is 9.95. The van der Waals surface area contributed by atoms with Gasteiger partial charge in [-0.1, -0.05) is 36.4 Å². The molecule has 1 N–H and O–H groups in total. The van der Waals surface area contributed by atoms with Gasteiger partial charge in [-0.15, -0.1) is 11.3 Å². The van der Waals surface area contributed by atoms with Crippen LogP contribution in [0.2, 0.25) is 0 Å². The van der Waals surface area contributed by atoms with Crippen LogP contribution in [-0.4, -0.2) is 54.0 Å². The Morgan fingerprint density at radius 3 is 2.62 bits per heavy atom. The zero-order valence-electron chi connectivity index (χ0n) is 17.3. The predicted molar refractivity (Wildman–Crippen MR) is 120 cm³/mol. The van der Waals surface area contributed by atoms with E-state index < -0.39 is 0 Å². The van der Waals surface area contributed by atoms with Gasteiger partial charge in [-0.05, 0) is 56.2 Å². The number of piperidine rings is 1. The molecule has 1 aliphatic heterocycles. The van der Waals surface area contributed by atoms with Crippen molar-refractivity contribution in [3.63, 3.8) is 0 Å². The van der Waals surface area contributed by atoms with Crippen molar-refractivity contribution in [3.8, 4) is 10.4 Å². The smallest absolute Gasteiger partial charge is 0.317 e. The molecule has 1 fully saturated rings. The summed E-state index contributed by atoms with van der Waals surface area (Å²) in [4.78, 5) is 22.5. The molecule has 0 radical (unpaired) electrons. The first kappa shape index (κ1) is 19.9. The van der Waals surface area contributed by atoms with Crippen LogP contribution >= 0.6 is 11.3 Å². The minimum atomic E-state index is -0.0726. The number of fused-ring (bicyclic) bond motifs is 1. The minimum Gasteiger partial charge on any atom is -0.331 e. The summed E-state index contributed by atoms with van der Waals surface area (Å²) in [5.41, 5.74) is 4.19. The molecule has 29 heavy (non-hydrogen) atoms. The van der Waals surface area contributed by atoms with Crippen LogP contribution in [0.3, 0.4) is 0 Å². The molecule has 1 unspecified atom stereocenters. The third-order valence-electron chi connectivity index (χ3n) is 6.02. The van der Waals surface area contributed by atoms with Crippen molar-refractivity contribution in [3.05, 3.63) is 53.7 Å². The molecule has 0 spiro atoms. The quantitative estimate of drug-likeness (QED) is 0.677. The Kier molecular flexibility index (Phi) is 5.83. The molecule has 2 amide bonds. The molecule has 152 valence electrons. The van der Waals surface area contributed by atoms with Crippen LogP contribution < -0.4 is 5.32 Å². The molecule has 0 saturated carbocycles. The third-order valence-corrected chi connectivity index (χ3v) is 6.82. The molecule has 1 aliphatic rings. The van der Waals surface area contributed by atoms with Gasteiger partial charge in [-0.3, -0.25) is 4.98 Å². The fraction of sp³-hybridized carbons (Fsp3) is 0.391. The molecule has 2 heterocycles. The third kappa shape index (κ3) is 4.14. The molecule has 6 heteroatoms. The van der Waals surface area contributed by atoms with E-state index in [1.165, 1.54) is 16.3 Å². The molecule has 4 rings (SSSR count). The Labute approximate surface area is 176 Å². The summed E-state index contributed by atoms with van der Waals surface area (Å²) in [6.07, 6.45) is 3.97. The maximum Gasteiger partial charge on any atom is 0.317 e. The van der Waals surface area contributed by atoms with Gasteiger partial charge < -0.3 is 15.1 Å². The van der Waals surface area contributed by atoms with Gasteiger partial charge in [0.1, 0.15) is 0 Å². The van der Waals surface area contributed by atoms with Gasteiger partial charge in [0.25, 0.3) is 0 Å². The highest BCUT2D eigenvalue weighted by atomic mass is 32.1. The lowest BCUT2D eigenvalue weighted by molar-refractivity contribution is 0.146. The number of benzene rings is 2. The lowest BCUT2D eigenvalue weighted by Gasteiger charge is -2.35. The van der Waals surface area contributed by atoms with Crippen molar-refractivity contribution < 1.29 is 4.79 Å². The van der Waals surface area contributed by atoms with Crippen LogP contribution in [0, 0.1) is 0 Å². The van der Waals surface area contributed by atoms with Gasteiger partial charge in [-0.25, -0.2) is 4.79 Å². The standard InChI is InChI=1S/C23H28N4OS/c1-16(25-23(28)27(3)17-10-12-26(2)13-11-17)18-8-9-21(22-14-24-15-29-22)20-7-5-4-6-19(18)20/h4-9,14-17H,10-13H2,1-3H3,(H,25,28). The van der Waals surface area contributed by atoms with Crippen molar-refractivity contribution >= 4 is 28.1 Å². The topological polar surface area (TPSA) is 48.5 Å². The average Bonchev–Trinajstić information content (AvgIpc) is 3.27. The minimum absolute atomic E-state index is 0.00247. The fourth-order valence-electron chi connectivity index (χ4n) is 4.18. The Bertz CT molecular complexity index is 980. The van der Waals surface area contributed by atoms with E-state index in [0.29, 0.717) is 6.04 Å². The monoisotopic (exact) mass is 408 g/mol. The van der Waals surface area contributed by atoms with E-state index >= 15 is 0 Å². The number of amides is 2. The van der Waals surface area contributed by atoms with E-state index in [2.05, 4.69) is 65.6 Å². The Morgan fingerprint density at radius 2 is 1.93 bits per heavy atom. The van der Waals surface area contributed by atoms with Crippen molar-refractivity contribution in [2.45, 2.75) is 31.8 Å². The maximum absolute atomic E-state index is 12.9. The second-order valence-electron chi connectivity index (χ2n) is 7.93. The van der Waals surface area contributed by atoms with Crippen LogP contribution in [0.5, 0.6) is 0 Å². The van der Waals surface area contributed by atoms with Crippen molar-refractivity contribution in [2.24, 2.45) is 0 Å². The van der Waals surface area contributed by atoms with Crippen molar-refractivity contribution in [2.75, 3.05) is 27.2 Å². The van der Waals surface area contributed by atoms with Gasteiger partial charge in [0.2, 0.25) is 0 Å². The number of aromatic nitrogens is 1. The number of nitrogens with zero attached hydrogens (tertiary/aromatic N) is 3. The van der Waals surface area contributed by atoms with E-state index in [1.54, 1.807) is 11.3 Å². The lowest BCUT2D eigenvalue weighted by Crippen LogP contribution is -2.48. The fourth-order valence-corrected chi connectivity index (χ4v) is 4.84. The largest absolute Gasteiger partial charge is 0.331 e. The molecule has 0 bridgehead atoms. The SMILES string of the molecule is CC(NC(=O)N(C)C1CCN(C)CC1)c1ccc(-c2cncs2)c2ccccc12. The highest BCUT2D eigenvalue weighted by Gasteiger charge is 2.25. The first-order chi connectivity index (χ1) is 14.0. The number of nitrogens with one attached hydrogen (secondary N) is 1. The molecule has 5 nitrogen and oxygen atoms in total. The average molecular weight is 409 g/mol. The van der Waals surface area contributed by atoms with Crippen LogP contribution in [0.25, 0.3) is 21.2 Å². The number of carbonyl (C=O) groups is 1. The number of rotatable bonds is 4. The summed E-state index contributed by atoms with van der Waals surface area (Å²) in [7, 11) is 4.06. The number of likely N-dealkylation sites (tertiary alicyclic amines) is 1. The van der Waals surface area contributed by atoms with Gasteiger partial charge in [0.05, 0.1) is 16.4 Å². The molecular formula is C23H28N4OS. The molecule has 1 aromatic heterocycles. The Hall–Kier alpha value is -2.44. The van der Waals surface area contributed by atoms with E-state index in [4.69, 9.17) is 0 Å². The Morgan fingerprint density at radius 1 is 1.21 bits per heavy atom. The molecule has 2 aromatic carbocycles. The second kappa shape index (κ2) is 8.51. The van der Waals surface area contributed by atoms with Gasteiger partial charge in [0.15, 0.2) is 0 Å². The number of thiazole rings is 1. The number of hydrogen-bond donors (Lipinski definition) is 1. The van der Waals surface area contributed by atoms with Crippen LogP contribution in [0.15, 0.2) is 48.1 Å². The highest BCUT2D eigenvalue weighted by molar-refractivity contribution is 7.13. The van der Waals surface area contributed by atoms with Gasteiger partial charge >= 0.3 is 6.03 Å². The molecule has 0 aliphatic carbocycles. The zero-order chi connectivity index (χ0) is 20.4.